The number of benzene rings is 1. The van der Waals surface area contributed by atoms with Crippen LogP contribution in [0.1, 0.15) is 45.6 Å². The van der Waals surface area contributed by atoms with Crippen LogP contribution in [0.25, 0.3) is 0 Å². The molecule has 1 aliphatic heterocycles. The van der Waals surface area contributed by atoms with Crippen LogP contribution >= 0.6 is 0 Å². The van der Waals surface area contributed by atoms with Gasteiger partial charge in [-0.05, 0) is 51.0 Å². The predicted molar refractivity (Wildman–Crippen MR) is 95.7 cm³/mol. The number of rotatable bonds is 3. The van der Waals surface area contributed by atoms with Gasteiger partial charge in [-0.2, -0.15) is 0 Å². The van der Waals surface area contributed by atoms with Crippen molar-refractivity contribution >= 4 is 6.09 Å². The third-order valence-electron chi connectivity index (χ3n) is 5.11. The molecular formula is C20H30N2O2. The summed E-state index contributed by atoms with van der Waals surface area (Å²) in [7, 11) is 0. The maximum Gasteiger partial charge on any atom is 0.410 e. The van der Waals surface area contributed by atoms with Crippen LogP contribution in [0.5, 0.6) is 0 Å². The number of fused-ring (bicyclic) bond motifs is 2. The van der Waals surface area contributed by atoms with Gasteiger partial charge in [0, 0.05) is 25.7 Å². The molecule has 1 aliphatic carbocycles. The molecule has 1 saturated carbocycles. The maximum absolute atomic E-state index is 12.4. The van der Waals surface area contributed by atoms with Crippen LogP contribution in [-0.4, -0.2) is 35.7 Å². The molecule has 0 spiro atoms. The Bertz CT molecular complexity index is 539. The summed E-state index contributed by atoms with van der Waals surface area (Å²) in [5, 5.41) is 3.77. The molecular weight excluding hydrogens is 300 g/mol. The van der Waals surface area contributed by atoms with Crippen molar-refractivity contribution in [1.29, 1.82) is 0 Å². The van der Waals surface area contributed by atoms with E-state index < -0.39 is 5.60 Å². The van der Waals surface area contributed by atoms with Gasteiger partial charge >= 0.3 is 6.09 Å². The Balaban J connectivity index is 1.60. The van der Waals surface area contributed by atoms with Crippen molar-refractivity contribution in [3.63, 3.8) is 0 Å². The fourth-order valence-corrected chi connectivity index (χ4v) is 4.08. The Hall–Kier alpha value is -1.55. The number of amides is 1. The topological polar surface area (TPSA) is 41.6 Å². The fraction of sp³-hybridized carbons (Fsp3) is 0.650. The lowest BCUT2D eigenvalue weighted by Gasteiger charge is -2.47. The number of hydrogen-bond donors (Lipinski definition) is 1. The van der Waals surface area contributed by atoms with Gasteiger partial charge in [0.15, 0.2) is 0 Å². The van der Waals surface area contributed by atoms with Crippen molar-refractivity contribution < 1.29 is 9.53 Å². The zero-order valence-corrected chi connectivity index (χ0v) is 15.1. The Morgan fingerprint density at radius 3 is 2.38 bits per heavy atom. The first-order valence-corrected chi connectivity index (χ1v) is 9.17. The number of nitrogens with zero attached hydrogens (tertiary/aromatic N) is 1. The molecule has 2 bridgehead atoms. The average molecular weight is 330 g/mol. The van der Waals surface area contributed by atoms with Gasteiger partial charge in [-0.3, -0.25) is 0 Å². The van der Waals surface area contributed by atoms with Crippen molar-refractivity contribution in [2.24, 2.45) is 11.8 Å². The molecule has 4 heteroatoms. The van der Waals surface area contributed by atoms with E-state index >= 15 is 0 Å². The van der Waals surface area contributed by atoms with Gasteiger partial charge < -0.3 is 15.0 Å². The Morgan fingerprint density at radius 1 is 1.17 bits per heavy atom. The van der Waals surface area contributed by atoms with E-state index in [2.05, 4.69) is 35.6 Å². The monoisotopic (exact) mass is 330 g/mol. The van der Waals surface area contributed by atoms with Crippen LogP contribution < -0.4 is 5.32 Å². The number of carbonyl (C=O) groups is 1. The first-order valence-electron chi connectivity index (χ1n) is 9.17. The fourth-order valence-electron chi connectivity index (χ4n) is 4.08. The molecule has 24 heavy (non-hydrogen) atoms. The molecule has 2 unspecified atom stereocenters. The van der Waals surface area contributed by atoms with E-state index in [0.717, 1.165) is 19.6 Å². The molecule has 1 aromatic carbocycles. The van der Waals surface area contributed by atoms with E-state index in [1.54, 1.807) is 0 Å². The van der Waals surface area contributed by atoms with E-state index in [-0.39, 0.29) is 6.09 Å². The Morgan fingerprint density at radius 2 is 1.79 bits per heavy atom. The first-order chi connectivity index (χ1) is 11.4. The lowest BCUT2D eigenvalue weighted by Crippen LogP contribution is -2.58. The summed E-state index contributed by atoms with van der Waals surface area (Å²) in [4.78, 5) is 14.3. The van der Waals surface area contributed by atoms with Crippen LogP contribution in [0.4, 0.5) is 4.79 Å². The van der Waals surface area contributed by atoms with Gasteiger partial charge in [0.05, 0.1) is 0 Å². The van der Waals surface area contributed by atoms with Crippen molar-refractivity contribution in [2.75, 3.05) is 13.1 Å². The summed E-state index contributed by atoms with van der Waals surface area (Å²) in [5.74, 6) is 1.07. The molecule has 4 nitrogen and oxygen atoms in total. The SMILES string of the molecule is CC(C)(C)OC(=O)N1CC2CCCC(C1)C2NCc1ccccc1. The second kappa shape index (κ2) is 7.14. The molecule has 0 radical (unpaired) electrons. The van der Waals surface area contributed by atoms with Crippen LogP contribution in [0.3, 0.4) is 0 Å². The second-order valence-electron chi connectivity index (χ2n) is 8.23. The molecule has 132 valence electrons. The maximum atomic E-state index is 12.4. The average Bonchev–Trinajstić information content (AvgIpc) is 2.51. The summed E-state index contributed by atoms with van der Waals surface area (Å²) in [6, 6.07) is 11.1. The predicted octanol–water partition coefficient (Wildman–Crippen LogP) is 3.81. The summed E-state index contributed by atoms with van der Waals surface area (Å²) in [6.45, 7) is 8.33. The molecule has 3 rings (SSSR count). The third kappa shape index (κ3) is 4.29. The van der Waals surface area contributed by atoms with Crippen LogP contribution in [0.2, 0.25) is 0 Å². The number of nitrogens with one attached hydrogen (secondary N) is 1. The number of carbonyl (C=O) groups excluding carboxylic acids is 1. The molecule has 1 aromatic rings. The molecule has 2 atom stereocenters. The summed E-state index contributed by atoms with van der Waals surface area (Å²) < 4.78 is 5.57. The van der Waals surface area contributed by atoms with Gasteiger partial charge in [0.1, 0.15) is 5.60 Å². The van der Waals surface area contributed by atoms with Crippen molar-refractivity contribution in [3.05, 3.63) is 35.9 Å². The lowest BCUT2D eigenvalue weighted by atomic mass is 9.73. The Labute approximate surface area is 145 Å². The summed E-state index contributed by atoms with van der Waals surface area (Å²) in [6.07, 6.45) is 3.52. The highest BCUT2D eigenvalue weighted by atomic mass is 16.6. The Kier molecular flexibility index (Phi) is 5.14. The number of piperidine rings is 1. The van der Waals surface area contributed by atoms with Crippen LogP contribution in [0.15, 0.2) is 30.3 Å². The zero-order valence-electron chi connectivity index (χ0n) is 15.1. The standard InChI is InChI=1S/C20H30N2O2/c1-20(2,3)24-19(23)22-13-16-10-7-11-17(14-22)18(16)21-12-15-8-5-4-6-9-15/h4-6,8-9,16-18,21H,7,10-14H2,1-3H3. The van der Waals surface area contributed by atoms with Crippen LogP contribution in [-0.2, 0) is 11.3 Å². The quantitative estimate of drug-likeness (QED) is 0.916. The normalized spacial score (nSPS) is 27.0. The lowest BCUT2D eigenvalue weighted by molar-refractivity contribution is -0.00643. The highest BCUT2D eigenvalue weighted by Crippen LogP contribution is 2.35. The van der Waals surface area contributed by atoms with E-state index in [9.17, 15) is 4.79 Å². The highest BCUT2D eigenvalue weighted by Gasteiger charge is 2.41. The largest absolute Gasteiger partial charge is 0.444 e. The zero-order chi connectivity index (χ0) is 17.2. The smallest absolute Gasteiger partial charge is 0.410 e. The molecule has 2 fully saturated rings. The molecule has 2 aliphatic rings. The molecule has 0 aromatic heterocycles. The number of likely N-dealkylation sites (tertiary alicyclic amines) is 1. The summed E-state index contributed by atoms with van der Waals surface area (Å²) in [5.41, 5.74) is 0.902. The van der Waals surface area contributed by atoms with Gasteiger partial charge in [-0.25, -0.2) is 4.79 Å². The molecule has 1 N–H and O–H groups in total. The minimum Gasteiger partial charge on any atom is -0.444 e. The van der Waals surface area contributed by atoms with Gasteiger partial charge in [-0.1, -0.05) is 36.8 Å². The minimum absolute atomic E-state index is 0.152. The first kappa shape index (κ1) is 17.3. The molecule has 1 heterocycles. The van der Waals surface area contributed by atoms with Crippen molar-refractivity contribution in [3.8, 4) is 0 Å². The van der Waals surface area contributed by atoms with E-state index in [0.29, 0.717) is 17.9 Å². The highest BCUT2D eigenvalue weighted by molar-refractivity contribution is 5.68. The number of hydrogen-bond acceptors (Lipinski definition) is 3. The van der Waals surface area contributed by atoms with Crippen LogP contribution in [0, 0.1) is 11.8 Å². The molecule has 1 saturated heterocycles. The van der Waals surface area contributed by atoms with Gasteiger partial charge in [-0.15, -0.1) is 0 Å². The van der Waals surface area contributed by atoms with E-state index in [1.165, 1.54) is 24.8 Å². The number of ether oxygens (including phenoxy) is 1. The van der Waals surface area contributed by atoms with Crippen molar-refractivity contribution in [2.45, 2.75) is 58.2 Å². The summed E-state index contributed by atoms with van der Waals surface area (Å²) >= 11 is 0. The van der Waals surface area contributed by atoms with E-state index in [1.807, 2.05) is 25.7 Å². The van der Waals surface area contributed by atoms with Gasteiger partial charge in [0.25, 0.3) is 0 Å². The second-order valence-corrected chi connectivity index (χ2v) is 8.23. The van der Waals surface area contributed by atoms with Gasteiger partial charge in [0.2, 0.25) is 0 Å². The molecule has 1 amide bonds. The minimum atomic E-state index is -0.422. The van der Waals surface area contributed by atoms with E-state index in [4.69, 9.17) is 4.74 Å². The van der Waals surface area contributed by atoms with Crippen molar-refractivity contribution in [1.82, 2.24) is 10.2 Å². The third-order valence-corrected chi connectivity index (χ3v) is 5.11.